The van der Waals surface area contributed by atoms with Gasteiger partial charge in [0.05, 0.1) is 16.9 Å². The van der Waals surface area contributed by atoms with E-state index in [1.807, 2.05) is 18.3 Å². The van der Waals surface area contributed by atoms with Crippen molar-refractivity contribution in [3.63, 3.8) is 0 Å². The molecular weight excluding hydrogens is 452 g/mol. The summed E-state index contributed by atoms with van der Waals surface area (Å²) in [4.78, 5) is 9.82. The number of aromatic nitrogens is 2. The number of benzene rings is 5. The van der Waals surface area contributed by atoms with E-state index in [1.54, 1.807) is 0 Å². The molecule has 0 saturated heterocycles. The highest BCUT2D eigenvalue weighted by molar-refractivity contribution is 6.20. The lowest BCUT2D eigenvalue weighted by Gasteiger charge is -2.10. The van der Waals surface area contributed by atoms with Crippen molar-refractivity contribution in [3.05, 3.63) is 121 Å². The number of hydrogen-bond acceptors (Lipinski definition) is 3. The molecule has 3 heteroatoms. The van der Waals surface area contributed by atoms with Crippen molar-refractivity contribution >= 4 is 54.4 Å². The van der Waals surface area contributed by atoms with Crippen LogP contribution in [0, 0.1) is 0 Å². The molecule has 0 amide bonds. The molecule has 3 nitrogen and oxygen atoms in total. The predicted octanol–water partition coefficient (Wildman–Crippen LogP) is 9.17. The Kier molecular flexibility index (Phi) is 4.23. The van der Waals surface area contributed by atoms with Gasteiger partial charge >= 0.3 is 0 Å². The first kappa shape index (κ1) is 20.2. The first-order valence-electron chi connectivity index (χ1n) is 12.4. The van der Waals surface area contributed by atoms with Crippen molar-refractivity contribution < 1.29 is 4.42 Å². The number of nitrogens with zero attached hydrogens (tertiary/aromatic N) is 2. The van der Waals surface area contributed by atoms with Gasteiger partial charge in [0.15, 0.2) is 0 Å². The standard InChI is InChI=1S/C34H20N2O/c1-2-9-23-21(8-1)16-17-31-32(23)28-14-7-13-24(34(28)37-31)22-18-19-35-30(20-22)33-27-12-4-3-10-25(27)26-11-5-6-15-29(26)36-33/h1-20H. The Bertz CT molecular complexity index is 2160. The smallest absolute Gasteiger partial charge is 0.143 e. The number of furan rings is 1. The highest BCUT2D eigenvalue weighted by Gasteiger charge is 2.16. The Morgan fingerprint density at radius 3 is 2.24 bits per heavy atom. The van der Waals surface area contributed by atoms with Gasteiger partial charge in [-0.05, 0) is 46.0 Å². The third kappa shape index (κ3) is 3.01. The Morgan fingerprint density at radius 1 is 0.568 bits per heavy atom. The lowest BCUT2D eigenvalue weighted by atomic mass is 9.98. The van der Waals surface area contributed by atoms with Gasteiger partial charge in [-0.15, -0.1) is 0 Å². The fourth-order valence-electron chi connectivity index (χ4n) is 5.62. The summed E-state index contributed by atoms with van der Waals surface area (Å²) in [5, 5.41) is 8.13. The third-order valence-corrected chi connectivity index (χ3v) is 7.31. The van der Waals surface area contributed by atoms with Crippen LogP contribution in [0.5, 0.6) is 0 Å². The van der Waals surface area contributed by atoms with Gasteiger partial charge in [0, 0.05) is 33.3 Å². The molecule has 172 valence electrons. The maximum Gasteiger partial charge on any atom is 0.143 e. The summed E-state index contributed by atoms with van der Waals surface area (Å²) in [6, 6.07) is 39.9. The van der Waals surface area contributed by atoms with Gasteiger partial charge < -0.3 is 4.42 Å². The average Bonchev–Trinajstić information content (AvgIpc) is 3.36. The normalized spacial score (nSPS) is 11.8. The molecule has 8 rings (SSSR count). The zero-order valence-corrected chi connectivity index (χ0v) is 19.8. The quantitative estimate of drug-likeness (QED) is 0.235. The second-order valence-corrected chi connectivity index (χ2v) is 9.40. The molecule has 0 aliphatic rings. The summed E-state index contributed by atoms with van der Waals surface area (Å²) in [7, 11) is 0. The Labute approximate surface area is 212 Å². The van der Waals surface area contributed by atoms with E-state index in [-0.39, 0.29) is 0 Å². The van der Waals surface area contributed by atoms with E-state index in [4.69, 9.17) is 14.4 Å². The fourth-order valence-corrected chi connectivity index (χ4v) is 5.62. The van der Waals surface area contributed by atoms with Crippen molar-refractivity contribution in [1.29, 1.82) is 0 Å². The Morgan fingerprint density at radius 2 is 1.32 bits per heavy atom. The van der Waals surface area contributed by atoms with Crippen molar-refractivity contribution in [2.75, 3.05) is 0 Å². The molecule has 0 unspecified atom stereocenters. The molecule has 0 N–H and O–H groups in total. The van der Waals surface area contributed by atoms with Crippen LogP contribution in [0.15, 0.2) is 126 Å². The largest absolute Gasteiger partial charge is 0.455 e. The van der Waals surface area contributed by atoms with Gasteiger partial charge in [0.25, 0.3) is 0 Å². The first-order chi connectivity index (χ1) is 18.3. The maximum absolute atomic E-state index is 6.48. The minimum absolute atomic E-state index is 0.845. The molecule has 0 fully saturated rings. The predicted molar refractivity (Wildman–Crippen MR) is 153 cm³/mol. The molecule has 3 aromatic heterocycles. The van der Waals surface area contributed by atoms with E-state index in [2.05, 4.69) is 103 Å². The topological polar surface area (TPSA) is 38.9 Å². The van der Waals surface area contributed by atoms with Crippen LogP contribution in [-0.2, 0) is 0 Å². The summed E-state index contributed by atoms with van der Waals surface area (Å²) in [5.74, 6) is 0. The molecule has 0 atom stereocenters. The van der Waals surface area contributed by atoms with E-state index in [1.165, 1.54) is 16.2 Å². The summed E-state index contributed by atoms with van der Waals surface area (Å²) in [6.07, 6.45) is 1.87. The number of fused-ring (bicyclic) bond motifs is 8. The molecule has 0 radical (unpaired) electrons. The molecule has 37 heavy (non-hydrogen) atoms. The molecule has 0 saturated carbocycles. The Hall–Kier alpha value is -5.02. The zero-order valence-electron chi connectivity index (χ0n) is 19.8. The minimum atomic E-state index is 0.845. The number of para-hydroxylation sites is 2. The van der Waals surface area contributed by atoms with Crippen LogP contribution in [0.4, 0.5) is 0 Å². The first-order valence-corrected chi connectivity index (χ1v) is 12.4. The second kappa shape index (κ2) is 7.74. The van der Waals surface area contributed by atoms with Crippen LogP contribution in [0.2, 0.25) is 0 Å². The molecule has 5 aromatic carbocycles. The van der Waals surface area contributed by atoms with Crippen molar-refractivity contribution in [2.45, 2.75) is 0 Å². The van der Waals surface area contributed by atoms with Crippen LogP contribution in [0.25, 0.3) is 76.9 Å². The molecule has 0 aliphatic heterocycles. The van der Waals surface area contributed by atoms with Crippen LogP contribution >= 0.6 is 0 Å². The van der Waals surface area contributed by atoms with E-state index >= 15 is 0 Å². The average molecular weight is 473 g/mol. The van der Waals surface area contributed by atoms with Gasteiger partial charge in [0.1, 0.15) is 11.2 Å². The van der Waals surface area contributed by atoms with Crippen LogP contribution in [0.1, 0.15) is 0 Å². The SMILES string of the molecule is c1ccc2c(c1)ccc1oc3c(-c4ccnc(-c5nc6ccccc6c6ccccc56)c4)cccc3c12. The molecule has 8 aromatic rings. The summed E-state index contributed by atoms with van der Waals surface area (Å²) < 4.78 is 6.48. The van der Waals surface area contributed by atoms with Gasteiger partial charge in [-0.3, -0.25) is 4.98 Å². The van der Waals surface area contributed by atoms with Crippen LogP contribution < -0.4 is 0 Å². The lowest BCUT2D eigenvalue weighted by Crippen LogP contribution is -1.92. The summed E-state index contributed by atoms with van der Waals surface area (Å²) in [6.45, 7) is 0. The number of pyridine rings is 2. The van der Waals surface area contributed by atoms with Crippen LogP contribution in [-0.4, -0.2) is 9.97 Å². The van der Waals surface area contributed by atoms with Crippen LogP contribution in [0.3, 0.4) is 0 Å². The number of rotatable bonds is 2. The molecule has 3 heterocycles. The highest BCUT2D eigenvalue weighted by Crippen LogP contribution is 2.40. The zero-order chi connectivity index (χ0) is 24.3. The van der Waals surface area contributed by atoms with E-state index in [9.17, 15) is 0 Å². The van der Waals surface area contributed by atoms with Gasteiger partial charge in [-0.1, -0.05) is 91.0 Å². The van der Waals surface area contributed by atoms with Crippen molar-refractivity contribution in [1.82, 2.24) is 9.97 Å². The summed E-state index contributed by atoms with van der Waals surface area (Å²) in [5.41, 5.74) is 6.59. The minimum Gasteiger partial charge on any atom is -0.455 e. The van der Waals surface area contributed by atoms with Gasteiger partial charge in [-0.25, -0.2) is 4.98 Å². The monoisotopic (exact) mass is 472 g/mol. The summed E-state index contributed by atoms with van der Waals surface area (Å²) >= 11 is 0. The molecule has 0 bridgehead atoms. The molecular formula is C34H20N2O. The van der Waals surface area contributed by atoms with Gasteiger partial charge in [0.2, 0.25) is 0 Å². The second-order valence-electron chi connectivity index (χ2n) is 9.40. The highest BCUT2D eigenvalue weighted by atomic mass is 16.3. The molecule has 0 aliphatic carbocycles. The van der Waals surface area contributed by atoms with Gasteiger partial charge in [-0.2, -0.15) is 0 Å². The maximum atomic E-state index is 6.48. The van der Waals surface area contributed by atoms with E-state index in [0.717, 1.165) is 60.7 Å². The van der Waals surface area contributed by atoms with E-state index in [0.29, 0.717) is 0 Å². The van der Waals surface area contributed by atoms with Crippen molar-refractivity contribution in [2.24, 2.45) is 0 Å². The van der Waals surface area contributed by atoms with Crippen molar-refractivity contribution in [3.8, 4) is 22.5 Å². The third-order valence-electron chi connectivity index (χ3n) is 7.31. The van der Waals surface area contributed by atoms with E-state index < -0.39 is 0 Å². The lowest BCUT2D eigenvalue weighted by molar-refractivity contribution is 0.670. The number of hydrogen-bond donors (Lipinski definition) is 0. The fraction of sp³-hybridized carbons (Fsp3) is 0. The molecule has 0 spiro atoms. The Balaban J connectivity index is 1.38.